The lowest BCUT2D eigenvalue weighted by Crippen LogP contribution is -2.59. The first kappa shape index (κ1) is 19.4. The van der Waals surface area contributed by atoms with Gasteiger partial charge in [0.15, 0.2) is 6.04 Å². The Morgan fingerprint density at radius 2 is 1.92 bits per heavy atom. The molecule has 0 bridgehead atoms. The van der Waals surface area contributed by atoms with Gasteiger partial charge in [0.1, 0.15) is 6.04 Å². The minimum absolute atomic E-state index is 0.0491. The standard InChI is InChI=1S/C17H21BrN2O5/c1-10(2)14(19-15(21)11-3-5-12(18)6-4-11)16(22)20-7-8-25-9-13(20)17(23)24/h3-6,10,13-14H,7-9H2,1-2H3,(H,19,21)(H,23,24)/t13-,14-/m0/s1. The molecule has 0 unspecified atom stereocenters. The summed E-state index contributed by atoms with van der Waals surface area (Å²) in [4.78, 5) is 37.9. The zero-order valence-electron chi connectivity index (χ0n) is 14.1. The second-order valence-corrected chi connectivity index (χ2v) is 7.08. The number of carboxylic acids is 1. The topological polar surface area (TPSA) is 95.9 Å². The number of rotatable bonds is 5. The molecule has 1 aromatic rings. The van der Waals surface area contributed by atoms with Gasteiger partial charge in [-0.1, -0.05) is 29.8 Å². The van der Waals surface area contributed by atoms with E-state index in [1.807, 2.05) is 0 Å². The minimum Gasteiger partial charge on any atom is -0.480 e. The van der Waals surface area contributed by atoms with Gasteiger partial charge in [-0.2, -0.15) is 0 Å². The Hall–Kier alpha value is -1.93. The number of nitrogens with zero attached hydrogens (tertiary/aromatic N) is 1. The number of carbonyl (C=O) groups excluding carboxylic acids is 2. The van der Waals surface area contributed by atoms with E-state index in [2.05, 4.69) is 21.2 Å². The van der Waals surface area contributed by atoms with Crippen molar-refractivity contribution in [1.29, 1.82) is 0 Å². The molecule has 0 radical (unpaired) electrons. The van der Waals surface area contributed by atoms with Gasteiger partial charge in [-0.25, -0.2) is 4.79 Å². The van der Waals surface area contributed by atoms with Gasteiger partial charge in [0.2, 0.25) is 5.91 Å². The van der Waals surface area contributed by atoms with Crippen molar-refractivity contribution >= 4 is 33.7 Å². The van der Waals surface area contributed by atoms with Gasteiger partial charge < -0.3 is 20.1 Å². The third-order valence-corrected chi connectivity index (χ3v) is 4.55. The minimum atomic E-state index is -1.12. The molecule has 1 saturated heterocycles. The van der Waals surface area contributed by atoms with Gasteiger partial charge >= 0.3 is 5.97 Å². The molecule has 2 amide bonds. The molecular weight excluding hydrogens is 392 g/mol. The lowest BCUT2D eigenvalue weighted by molar-refractivity contribution is -0.159. The van der Waals surface area contributed by atoms with Crippen LogP contribution in [0.5, 0.6) is 0 Å². The number of ether oxygens (including phenoxy) is 1. The molecule has 1 fully saturated rings. The fourth-order valence-electron chi connectivity index (χ4n) is 2.59. The molecule has 2 atom stereocenters. The zero-order chi connectivity index (χ0) is 18.6. The Bertz CT molecular complexity index is 647. The van der Waals surface area contributed by atoms with Crippen LogP contribution in [-0.4, -0.2) is 59.6 Å². The summed E-state index contributed by atoms with van der Waals surface area (Å²) in [6.07, 6.45) is 0. The molecule has 7 nitrogen and oxygen atoms in total. The number of nitrogens with one attached hydrogen (secondary N) is 1. The van der Waals surface area contributed by atoms with Crippen LogP contribution in [0, 0.1) is 5.92 Å². The normalized spacial score (nSPS) is 18.7. The SMILES string of the molecule is CC(C)[C@H](NC(=O)c1ccc(Br)cc1)C(=O)N1CCOC[C@H]1C(=O)O. The highest BCUT2D eigenvalue weighted by Crippen LogP contribution is 2.15. The van der Waals surface area contributed by atoms with Crippen molar-refractivity contribution in [3.63, 3.8) is 0 Å². The van der Waals surface area contributed by atoms with Crippen LogP contribution in [0.15, 0.2) is 28.7 Å². The molecule has 2 rings (SSSR count). The lowest BCUT2D eigenvalue weighted by atomic mass is 10.0. The smallest absolute Gasteiger partial charge is 0.328 e. The quantitative estimate of drug-likeness (QED) is 0.763. The van der Waals surface area contributed by atoms with E-state index >= 15 is 0 Å². The number of aliphatic carboxylic acids is 1. The number of hydrogen-bond donors (Lipinski definition) is 2. The van der Waals surface area contributed by atoms with Gasteiger partial charge in [0.05, 0.1) is 13.2 Å². The Labute approximate surface area is 154 Å². The fraction of sp³-hybridized carbons (Fsp3) is 0.471. The second-order valence-electron chi connectivity index (χ2n) is 6.16. The van der Waals surface area contributed by atoms with Crippen LogP contribution in [0.1, 0.15) is 24.2 Å². The highest BCUT2D eigenvalue weighted by molar-refractivity contribution is 9.10. The Morgan fingerprint density at radius 3 is 2.48 bits per heavy atom. The largest absolute Gasteiger partial charge is 0.480 e. The van der Waals surface area contributed by atoms with Crippen LogP contribution < -0.4 is 5.32 Å². The third kappa shape index (κ3) is 4.79. The number of carbonyl (C=O) groups is 3. The van der Waals surface area contributed by atoms with Gasteiger partial charge in [0, 0.05) is 16.6 Å². The lowest BCUT2D eigenvalue weighted by Gasteiger charge is -2.36. The van der Waals surface area contributed by atoms with Crippen LogP contribution in [0.3, 0.4) is 0 Å². The summed E-state index contributed by atoms with van der Waals surface area (Å²) in [5.74, 6) is -2.09. The summed E-state index contributed by atoms with van der Waals surface area (Å²) in [6, 6.07) is 4.93. The van der Waals surface area contributed by atoms with Crippen molar-refractivity contribution in [2.24, 2.45) is 5.92 Å². The fourth-order valence-corrected chi connectivity index (χ4v) is 2.85. The van der Waals surface area contributed by atoms with E-state index < -0.39 is 24.0 Å². The van der Waals surface area contributed by atoms with E-state index in [1.165, 1.54) is 4.90 Å². The third-order valence-electron chi connectivity index (χ3n) is 4.02. The van der Waals surface area contributed by atoms with Crippen LogP contribution in [-0.2, 0) is 14.3 Å². The first-order chi connectivity index (χ1) is 11.8. The molecule has 0 saturated carbocycles. The predicted molar refractivity (Wildman–Crippen MR) is 94.2 cm³/mol. The molecule has 2 N–H and O–H groups in total. The highest BCUT2D eigenvalue weighted by Gasteiger charge is 2.37. The van der Waals surface area contributed by atoms with Gasteiger partial charge in [-0.05, 0) is 30.2 Å². The van der Waals surface area contributed by atoms with Crippen LogP contribution in [0.2, 0.25) is 0 Å². The van der Waals surface area contributed by atoms with Gasteiger partial charge in [-0.3, -0.25) is 9.59 Å². The summed E-state index contributed by atoms with van der Waals surface area (Å²) in [6.45, 7) is 4.03. The molecule has 25 heavy (non-hydrogen) atoms. The molecule has 1 aromatic carbocycles. The van der Waals surface area contributed by atoms with Crippen molar-refractivity contribution in [2.45, 2.75) is 25.9 Å². The summed E-state index contributed by atoms with van der Waals surface area (Å²) < 4.78 is 6.00. The maximum absolute atomic E-state index is 12.9. The number of benzene rings is 1. The summed E-state index contributed by atoms with van der Waals surface area (Å²) >= 11 is 3.30. The van der Waals surface area contributed by atoms with E-state index in [0.29, 0.717) is 5.56 Å². The Morgan fingerprint density at radius 1 is 1.28 bits per heavy atom. The van der Waals surface area contributed by atoms with E-state index in [-0.39, 0.29) is 31.6 Å². The molecule has 8 heteroatoms. The van der Waals surface area contributed by atoms with Crippen molar-refractivity contribution < 1.29 is 24.2 Å². The van der Waals surface area contributed by atoms with Crippen molar-refractivity contribution in [3.8, 4) is 0 Å². The maximum Gasteiger partial charge on any atom is 0.328 e. The highest BCUT2D eigenvalue weighted by atomic mass is 79.9. The van der Waals surface area contributed by atoms with Gasteiger partial charge in [-0.15, -0.1) is 0 Å². The molecule has 0 spiro atoms. The summed E-state index contributed by atoms with van der Waals surface area (Å²) in [7, 11) is 0. The maximum atomic E-state index is 12.9. The van der Waals surface area contributed by atoms with E-state index in [9.17, 15) is 19.5 Å². The second kappa shape index (κ2) is 8.44. The van der Waals surface area contributed by atoms with Crippen molar-refractivity contribution in [1.82, 2.24) is 10.2 Å². The molecule has 136 valence electrons. The van der Waals surface area contributed by atoms with Crippen molar-refractivity contribution in [2.75, 3.05) is 19.8 Å². The Balaban J connectivity index is 2.16. The van der Waals surface area contributed by atoms with Gasteiger partial charge in [0.25, 0.3) is 5.91 Å². The van der Waals surface area contributed by atoms with Crippen LogP contribution in [0.4, 0.5) is 0 Å². The first-order valence-electron chi connectivity index (χ1n) is 7.98. The molecule has 1 aliphatic heterocycles. The number of carboxylic acid groups (broad SMARTS) is 1. The monoisotopic (exact) mass is 412 g/mol. The Kier molecular flexibility index (Phi) is 6.55. The molecule has 0 aromatic heterocycles. The molecule has 0 aliphatic carbocycles. The number of amides is 2. The van der Waals surface area contributed by atoms with Crippen LogP contribution >= 0.6 is 15.9 Å². The first-order valence-corrected chi connectivity index (χ1v) is 8.78. The number of hydrogen-bond acceptors (Lipinski definition) is 4. The molecule has 1 aliphatic rings. The average Bonchev–Trinajstić information content (AvgIpc) is 2.59. The summed E-state index contributed by atoms with van der Waals surface area (Å²) in [5, 5.41) is 12.0. The zero-order valence-corrected chi connectivity index (χ0v) is 15.7. The predicted octanol–water partition coefficient (Wildman–Crippen LogP) is 1.52. The van der Waals surface area contributed by atoms with E-state index in [1.54, 1.807) is 38.1 Å². The molecular formula is C17H21BrN2O5. The summed E-state index contributed by atoms with van der Waals surface area (Å²) in [5.41, 5.74) is 0.429. The average molecular weight is 413 g/mol. The number of halogens is 1. The van der Waals surface area contributed by atoms with Crippen LogP contribution in [0.25, 0.3) is 0 Å². The van der Waals surface area contributed by atoms with E-state index in [0.717, 1.165) is 4.47 Å². The van der Waals surface area contributed by atoms with E-state index in [4.69, 9.17) is 4.74 Å². The number of morpholine rings is 1. The van der Waals surface area contributed by atoms with Crippen molar-refractivity contribution in [3.05, 3.63) is 34.3 Å². The molecule has 1 heterocycles.